The quantitative estimate of drug-likeness (QED) is 0.695. The molecule has 1 amide bonds. The van der Waals surface area contributed by atoms with Gasteiger partial charge in [-0.15, -0.1) is 0 Å². The van der Waals surface area contributed by atoms with E-state index >= 15 is 0 Å². The molecule has 0 unspecified atom stereocenters. The van der Waals surface area contributed by atoms with Crippen molar-refractivity contribution < 1.29 is 9.18 Å². The van der Waals surface area contributed by atoms with Crippen molar-refractivity contribution in [3.63, 3.8) is 0 Å². The Morgan fingerprint density at radius 3 is 2.33 bits per heavy atom. The van der Waals surface area contributed by atoms with E-state index in [1.165, 1.54) is 23.8 Å². The third-order valence-corrected chi connectivity index (χ3v) is 4.08. The van der Waals surface area contributed by atoms with Gasteiger partial charge in [-0.2, -0.15) is 0 Å². The maximum absolute atomic E-state index is 13.3. The average molecular weight is 364 g/mol. The first-order valence-electron chi connectivity index (χ1n) is 8.59. The smallest absolute Gasteiger partial charge is 0.274 e. The minimum Gasteiger partial charge on any atom is -0.340 e. The monoisotopic (exact) mass is 364 g/mol. The lowest BCUT2D eigenvalue weighted by atomic mass is 10.1. The topological polar surface area (TPSA) is 66.9 Å². The molecule has 2 N–H and O–H groups in total. The number of rotatable bonds is 4. The van der Waals surface area contributed by atoms with E-state index in [0.29, 0.717) is 17.3 Å². The third-order valence-electron chi connectivity index (χ3n) is 4.08. The Kier molecular flexibility index (Phi) is 5.16. The number of anilines is 3. The first-order valence-corrected chi connectivity index (χ1v) is 8.59. The lowest BCUT2D eigenvalue weighted by Gasteiger charge is -2.14. The van der Waals surface area contributed by atoms with Gasteiger partial charge in [0.05, 0.1) is 0 Å². The van der Waals surface area contributed by atoms with E-state index in [4.69, 9.17) is 0 Å². The summed E-state index contributed by atoms with van der Waals surface area (Å²) in [7, 11) is 0. The number of nitrogens with zero attached hydrogens (tertiary/aromatic N) is 2. The fraction of sp³-hybridized carbons (Fsp3) is 0.190. The first-order chi connectivity index (χ1) is 12.8. The Balaban J connectivity index is 1.87. The SMILES string of the molecule is Cc1cc(C)c(Nc2cc(C(=O)Nc3cccc(F)c3)nc(C)n2)c(C)c1. The minimum absolute atomic E-state index is 0.205. The number of aryl methyl sites for hydroxylation is 4. The van der Waals surface area contributed by atoms with Crippen LogP contribution in [0.15, 0.2) is 42.5 Å². The van der Waals surface area contributed by atoms with E-state index < -0.39 is 11.7 Å². The van der Waals surface area contributed by atoms with Crippen molar-refractivity contribution in [2.75, 3.05) is 10.6 Å². The lowest BCUT2D eigenvalue weighted by Crippen LogP contribution is -2.15. The van der Waals surface area contributed by atoms with Crippen LogP contribution in [-0.2, 0) is 0 Å². The molecule has 1 aromatic heterocycles. The molecule has 3 aromatic rings. The number of benzene rings is 2. The van der Waals surface area contributed by atoms with Gasteiger partial charge in [-0.05, 0) is 57.0 Å². The predicted octanol–water partition coefficient (Wildman–Crippen LogP) is 4.85. The highest BCUT2D eigenvalue weighted by atomic mass is 19.1. The Hall–Kier alpha value is -3.28. The molecule has 0 saturated carbocycles. The zero-order valence-corrected chi connectivity index (χ0v) is 15.7. The van der Waals surface area contributed by atoms with E-state index in [2.05, 4.69) is 32.7 Å². The first kappa shape index (κ1) is 18.5. The average Bonchev–Trinajstić information content (AvgIpc) is 2.57. The molecule has 0 aliphatic rings. The fourth-order valence-corrected chi connectivity index (χ4v) is 3.01. The maximum atomic E-state index is 13.3. The van der Waals surface area contributed by atoms with Gasteiger partial charge in [0, 0.05) is 17.4 Å². The molecule has 0 aliphatic heterocycles. The highest BCUT2D eigenvalue weighted by molar-refractivity contribution is 6.03. The van der Waals surface area contributed by atoms with Crippen molar-refractivity contribution in [3.05, 3.63) is 76.5 Å². The van der Waals surface area contributed by atoms with Crippen LogP contribution in [0.4, 0.5) is 21.6 Å². The van der Waals surface area contributed by atoms with Gasteiger partial charge in [0.15, 0.2) is 0 Å². The summed E-state index contributed by atoms with van der Waals surface area (Å²) in [4.78, 5) is 21.1. The molecule has 0 spiro atoms. The van der Waals surface area contributed by atoms with Crippen LogP contribution in [0.3, 0.4) is 0 Å². The molecule has 138 valence electrons. The zero-order valence-electron chi connectivity index (χ0n) is 15.7. The second kappa shape index (κ2) is 7.53. The Morgan fingerprint density at radius 2 is 1.67 bits per heavy atom. The minimum atomic E-state index is -0.425. The Morgan fingerprint density at radius 1 is 0.963 bits per heavy atom. The number of hydrogen-bond donors (Lipinski definition) is 2. The Bertz CT molecular complexity index is 994. The van der Waals surface area contributed by atoms with Crippen molar-refractivity contribution in [1.29, 1.82) is 0 Å². The number of hydrogen-bond acceptors (Lipinski definition) is 4. The lowest BCUT2D eigenvalue weighted by molar-refractivity contribution is 0.102. The summed E-state index contributed by atoms with van der Waals surface area (Å²) in [6, 6.07) is 11.5. The zero-order chi connectivity index (χ0) is 19.6. The van der Waals surface area contributed by atoms with Crippen LogP contribution in [0.25, 0.3) is 0 Å². The van der Waals surface area contributed by atoms with E-state index in [-0.39, 0.29) is 5.69 Å². The molecule has 0 radical (unpaired) electrons. The molecule has 0 saturated heterocycles. The van der Waals surface area contributed by atoms with Gasteiger partial charge in [-0.1, -0.05) is 23.8 Å². The fourth-order valence-electron chi connectivity index (χ4n) is 3.01. The van der Waals surface area contributed by atoms with Crippen LogP contribution in [-0.4, -0.2) is 15.9 Å². The van der Waals surface area contributed by atoms with E-state index in [0.717, 1.165) is 16.8 Å². The van der Waals surface area contributed by atoms with E-state index in [1.807, 2.05) is 20.8 Å². The molecule has 1 heterocycles. The van der Waals surface area contributed by atoms with Crippen molar-refractivity contribution in [2.45, 2.75) is 27.7 Å². The number of aromatic nitrogens is 2. The van der Waals surface area contributed by atoms with Gasteiger partial charge in [0.2, 0.25) is 0 Å². The van der Waals surface area contributed by atoms with Crippen LogP contribution >= 0.6 is 0 Å². The Labute approximate surface area is 157 Å². The summed E-state index contributed by atoms with van der Waals surface area (Å²) in [6.45, 7) is 7.81. The summed E-state index contributed by atoms with van der Waals surface area (Å²) in [6.07, 6.45) is 0. The number of nitrogens with one attached hydrogen (secondary N) is 2. The molecule has 0 fully saturated rings. The number of halogens is 1. The van der Waals surface area contributed by atoms with Gasteiger partial charge in [0.1, 0.15) is 23.2 Å². The largest absolute Gasteiger partial charge is 0.340 e. The molecule has 5 nitrogen and oxygen atoms in total. The highest BCUT2D eigenvalue weighted by Gasteiger charge is 2.13. The summed E-state index contributed by atoms with van der Waals surface area (Å²) in [5.41, 5.74) is 4.90. The number of amides is 1. The number of carbonyl (C=O) groups is 1. The molecule has 0 atom stereocenters. The summed E-state index contributed by atoms with van der Waals surface area (Å²) in [5.74, 6) is 0.152. The van der Waals surface area contributed by atoms with Crippen molar-refractivity contribution in [2.24, 2.45) is 0 Å². The summed E-state index contributed by atoms with van der Waals surface area (Å²) in [5, 5.41) is 5.94. The van der Waals surface area contributed by atoms with Gasteiger partial charge in [-0.25, -0.2) is 14.4 Å². The maximum Gasteiger partial charge on any atom is 0.274 e. The molecule has 3 rings (SSSR count). The van der Waals surface area contributed by atoms with Crippen LogP contribution in [0.5, 0.6) is 0 Å². The molecular formula is C21H21FN4O. The molecule has 6 heteroatoms. The van der Waals surface area contributed by atoms with Crippen molar-refractivity contribution in [3.8, 4) is 0 Å². The molecule has 0 bridgehead atoms. The molecule has 27 heavy (non-hydrogen) atoms. The normalized spacial score (nSPS) is 10.6. The predicted molar refractivity (Wildman–Crippen MR) is 105 cm³/mol. The van der Waals surface area contributed by atoms with Gasteiger partial charge < -0.3 is 10.6 Å². The van der Waals surface area contributed by atoms with Crippen LogP contribution < -0.4 is 10.6 Å². The van der Waals surface area contributed by atoms with Crippen LogP contribution in [0.1, 0.15) is 33.0 Å². The van der Waals surface area contributed by atoms with Gasteiger partial charge in [-0.3, -0.25) is 4.79 Å². The van der Waals surface area contributed by atoms with E-state index in [9.17, 15) is 9.18 Å². The van der Waals surface area contributed by atoms with Crippen molar-refractivity contribution >= 4 is 23.1 Å². The summed E-state index contributed by atoms with van der Waals surface area (Å²) >= 11 is 0. The van der Waals surface area contributed by atoms with Crippen LogP contribution in [0, 0.1) is 33.5 Å². The van der Waals surface area contributed by atoms with Crippen molar-refractivity contribution in [1.82, 2.24) is 9.97 Å². The standard InChI is InChI=1S/C21H21FN4O/c1-12-8-13(2)20(14(3)9-12)26-19-11-18(23-15(4)24-19)21(27)25-17-7-5-6-16(22)10-17/h5-11H,1-4H3,(H,25,27)(H,23,24,26). The highest BCUT2D eigenvalue weighted by Crippen LogP contribution is 2.25. The van der Waals surface area contributed by atoms with E-state index in [1.54, 1.807) is 19.1 Å². The van der Waals surface area contributed by atoms with Gasteiger partial charge in [0.25, 0.3) is 5.91 Å². The molecular weight excluding hydrogens is 343 g/mol. The second-order valence-electron chi connectivity index (χ2n) is 6.55. The third kappa shape index (κ3) is 4.47. The number of carbonyl (C=O) groups excluding carboxylic acids is 1. The van der Waals surface area contributed by atoms with Gasteiger partial charge >= 0.3 is 0 Å². The molecule has 2 aromatic carbocycles. The molecule has 0 aliphatic carbocycles. The second-order valence-corrected chi connectivity index (χ2v) is 6.55. The summed E-state index contributed by atoms with van der Waals surface area (Å²) < 4.78 is 13.3. The van der Waals surface area contributed by atoms with Crippen LogP contribution in [0.2, 0.25) is 0 Å².